The van der Waals surface area contributed by atoms with Crippen molar-refractivity contribution >= 4 is 11.7 Å². The molecular formula is C28H27N2O4+. The van der Waals surface area contributed by atoms with Gasteiger partial charge in [-0.3, -0.25) is 0 Å². The summed E-state index contributed by atoms with van der Waals surface area (Å²) in [6, 6.07) is 26.3. The molecule has 3 aromatic carbocycles. The number of para-hydroxylation sites is 1. The molecule has 1 aliphatic heterocycles. The van der Waals surface area contributed by atoms with Crippen molar-refractivity contribution in [2.75, 3.05) is 13.2 Å². The van der Waals surface area contributed by atoms with E-state index in [0.717, 1.165) is 40.3 Å². The normalized spacial score (nSPS) is 19.5. The molecule has 4 aromatic rings. The van der Waals surface area contributed by atoms with Gasteiger partial charge in [0, 0.05) is 36.1 Å². The summed E-state index contributed by atoms with van der Waals surface area (Å²) >= 11 is 0. The monoisotopic (exact) mass is 455 g/mol. The molecule has 2 unspecified atom stereocenters. The first-order chi connectivity index (χ1) is 16.6. The number of carboxylic acids is 1. The number of oxazole rings is 1. The Labute approximate surface area is 198 Å². The van der Waals surface area contributed by atoms with Gasteiger partial charge in [-0.25, -0.2) is 9.78 Å². The minimum absolute atomic E-state index is 0.0877. The molecule has 2 heterocycles. The SMILES string of the molecule is Cc1oc(-c2ccccc2)nc1CCO[N+]1(c2ccccc2)CCc2ccccc2C1C(=O)O. The van der Waals surface area contributed by atoms with Crippen LogP contribution >= 0.6 is 0 Å². The second-order valence-electron chi connectivity index (χ2n) is 8.52. The number of hydrogen-bond acceptors (Lipinski definition) is 4. The average molecular weight is 456 g/mol. The topological polar surface area (TPSA) is 72.6 Å². The number of quaternary nitrogens is 1. The van der Waals surface area contributed by atoms with Gasteiger partial charge in [-0.2, -0.15) is 4.84 Å². The van der Waals surface area contributed by atoms with Crippen molar-refractivity contribution < 1.29 is 19.2 Å². The van der Waals surface area contributed by atoms with Crippen LogP contribution in [-0.2, 0) is 22.5 Å². The van der Waals surface area contributed by atoms with Gasteiger partial charge >= 0.3 is 5.97 Å². The molecule has 172 valence electrons. The van der Waals surface area contributed by atoms with Crippen molar-refractivity contribution in [3.63, 3.8) is 0 Å². The van der Waals surface area contributed by atoms with Crippen LogP contribution in [0.15, 0.2) is 89.3 Å². The van der Waals surface area contributed by atoms with Crippen LogP contribution in [-0.4, -0.2) is 29.2 Å². The second kappa shape index (κ2) is 9.25. The number of hydrogen-bond donors (Lipinski definition) is 1. The van der Waals surface area contributed by atoms with Crippen molar-refractivity contribution in [1.29, 1.82) is 0 Å². The maximum absolute atomic E-state index is 12.6. The minimum atomic E-state index is -0.903. The molecule has 0 amide bonds. The van der Waals surface area contributed by atoms with E-state index in [9.17, 15) is 9.90 Å². The Morgan fingerprint density at radius 3 is 2.44 bits per heavy atom. The van der Waals surface area contributed by atoms with E-state index in [2.05, 4.69) is 4.98 Å². The first kappa shape index (κ1) is 22.1. The zero-order valence-corrected chi connectivity index (χ0v) is 19.1. The number of rotatable bonds is 7. The Morgan fingerprint density at radius 2 is 1.71 bits per heavy atom. The third kappa shape index (κ3) is 4.02. The van der Waals surface area contributed by atoms with E-state index in [0.29, 0.717) is 25.5 Å². The lowest BCUT2D eigenvalue weighted by Gasteiger charge is -2.42. The van der Waals surface area contributed by atoms with Crippen LogP contribution in [0.5, 0.6) is 0 Å². The number of aliphatic carboxylic acids is 1. The molecule has 0 spiro atoms. The van der Waals surface area contributed by atoms with E-state index in [1.807, 2.05) is 91.9 Å². The van der Waals surface area contributed by atoms with E-state index in [4.69, 9.17) is 9.25 Å². The van der Waals surface area contributed by atoms with E-state index < -0.39 is 12.0 Å². The lowest BCUT2D eigenvalue weighted by Crippen LogP contribution is -2.58. The van der Waals surface area contributed by atoms with Crippen LogP contribution in [0.2, 0.25) is 0 Å². The predicted molar refractivity (Wildman–Crippen MR) is 130 cm³/mol. The summed E-state index contributed by atoms with van der Waals surface area (Å²) in [5, 5.41) is 10.3. The highest BCUT2D eigenvalue weighted by Crippen LogP contribution is 2.41. The van der Waals surface area contributed by atoms with E-state index >= 15 is 0 Å². The standard InChI is InChI=1S/C28H26N2O4/c1-20-25(29-27(34-20)22-11-4-2-5-12-22)17-19-33-30(23-13-6-3-7-14-23)18-16-21-10-8-9-15-24(21)26(30)28(31)32/h2-15,26H,16-19H2,1H3/p+1. The van der Waals surface area contributed by atoms with Crippen LogP contribution in [0.1, 0.15) is 28.6 Å². The molecule has 0 aliphatic carbocycles. The number of benzene rings is 3. The summed E-state index contributed by atoms with van der Waals surface area (Å²) in [7, 11) is 0. The third-order valence-corrected chi connectivity index (χ3v) is 6.48. The first-order valence-electron chi connectivity index (χ1n) is 11.5. The third-order valence-electron chi connectivity index (χ3n) is 6.48. The fraction of sp³-hybridized carbons (Fsp3) is 0.214. The van der Waals surface area contributed by atoms with Crippen LogP contribution in [0.3, 0.4) is 0 Å². The molecule has 34 heavy (non-hydrogen) atoms. The fourth-order valence-electron chi connectivity index (χ4n) is 4.82. The highest BCUT2D eigenvalue weighted by Gasteiger charge is 2.51. The summed E-state index contributed by atoms with van der Waals surface area (Å²) < 4.78 is 5.81. The lowest BCUT2D eigenvalue weighted by molar-refractivity contribution is -0.195. The van der Waals surface area contributed by atoms with Gasteiger partial charge in [0.1, 0.15) is 18.9 Å². The summed E-state index contributed by atoms with van der Waals surface area (Å²) in [5.74, 6) is 0.419. The van der Waals surface area contributed by atoms with Gasteiger partial charge in [0.2, 0.25) is 11.9 Å². The molecular weight excluding hydrogens is 428 g/mol. The molecule has 5 rings (SSSR count). The Balaban J connectivity index is 1.45. The molecule has 2 atom stereocenters. The number of fused-ring (bicyclic) bond motifs is 1. The van der Waals surface area contributed by atoms with Gasteiger partial charge in [-0.15, -0.1) is 4.65 Å². The first-order valence-corrected chi connectivity index (χ1v) is 11.5. The molecule has 6 nitrogen and oxygen atoms in total. The second-order valence-corrected chi connectivity index (χ2v) is 8.52. The van der Waals surface area contributed by atoms with Crippen molar-refractivity contribution in [2.45, 2.75) is 25.8 Å². The molecule has 0 bridgehead atoms. The van der Waals surface area contributed by atoms with Crippen LogP contribution in [0.25, 0.3) is 11.5 Å². The number of nitrogens with zero attached hydrogens (tertiary/aromatic N) is 2. The summed E-state index contributed by atoms with van der Waals surface area (Å²) in [6.07, 6.45) is 1.25. The minimum Gasteiger partial charge on any atom is -0.476 e. The quantitative estimate of drug-likeness (QED) is 0.372. The largest absolute Gasteiger partial charge is 0.476 e. The Kier molecular flexibility index (Phi) is 6.01. The van der Waals surface area contributed by atoms with Gasteiger partial charge in [0.15, 0.2) is 5.69 Å². The number of hydroxylamine groups is 2. The average Bonchev–Trinajstić information content (AvgIpc) is 3.25. The molecule has 0 saturated carbocycles. The van der Waals surface area contributed by atoms with Gasteiger partial charge in [0.25, 0.3) is 0 Å². The van der Waals surface area contributed by atoms with Crippen LogP contribution in [0.4, 0.5) is 5.69 Å². The maximum atomic E-state index is 12.6. The zero-order chi connectivity index (χ0) is 23.5. The predicted octanol–water partition coefficient (Wildman–Crippen LogP) is 5.51. The van der Waals surface area contributed by atoms with Gasteiger partial charge in [-0.1, -0.05) is 60.7 Å². The lowest BCUT2D eigenvalue weighted by atomic mass is 9.91. The van der Waals surface area contributed by atoms with Crippen molar-refractivity contribution in [3.05, 3.63) is 108 Å². The Morgan fingerprint density at radius 1 is 1.03 bits per heavy atom. The van der Waals surface area contributed by atoms with Gasteiger partial charge < -0.3 is 9.52 Å². The van der Waals surface area contributed by atoms with E-state index in [1.165, 1.54) is 0 Å². The van der Waals surface area contributed by atoms with E-state index in [1.54, 1.807) is 0 Å². The number of aromatic nitrogens is 1. The smallest absolute Gasteiger partial charge is 0.371 e. The summed E-state index contributed by atoms with van der Waals surface area (Å²) in [4.78, 5) is 23.8. The molecule has 1 aliphatic rings. The number of carboxylic acid groups (broad SMARTS) is 1. The Hall–Kier alpha value is -3.74. The van der Waals surface area contributed by atoms with E-state index in [-0.39, 0.29) is 4.65 Å². The molecule has 0 fully saturated rings. The molecule has 0 saturated heterocycles. The summed E-state index contributed by atoms with van der Waals surface area (Å²) in [5.41, 5.74) is 4.42. The highest BCUT2D eigenvalue weighted by molar-refractivity contribution is 5.79. The van der Waals surface area contributed by atoms with Gasteiger partial charge in [-0.05, 0) is 24.6 Å². The van der Waals surface area contributed by atoms with Crippen LogP contribution in [0, 0.1) is 6.92 Å². The van der Waals surface area contributed by atoms with Gasteiger partial charge in [0.05, 0.1) is 5.69 Å². The molecule has 1 N–H and O–H groups in total. The number of carbonyl (C=O) groups is 1. The molecule has 1 aromatic heterocycles. The molecule has 0 radical (unpaired) electrons. The summed E-state index contributed by atoms with van der Waals surface area (Å²) in [6.45, 7) is 2.74. The maximum Gasteiger partial charge on any atom is 0.371 e. The van der Waals surface area contributed by atoms with Crippen molar-refractivity contribution in [1.82, 2.24) is 9.63 Å². The van der Waals surface area contributed by atoms with Crippen LogP contribution < -0.4 is 4.65 Å². The fourth-order valence-corrected chi connectivity index (χ4v) is 4.82. The molecule has 6 heteroatoms. The van der Waals surface area contributed by atoms with Crippen molar-refractivity contribution in [2.24, 2.45) is 0 Å². The number of aryl methyl sites for hydroxylation is 1. The van der Waals surface area contributed by atoms with Crippen molar-refractivity contribution in [3.8, 4) is 11.5 Å². The highest BCUT2D eigenvalue weighted by atomic mass is 16.7. The Bertz CT molecular complexity index is 1290. The zero-order valence-electron chi connectivity index (χ0n) is 19.1.